The normalized spacial score (nSPS) is 29.1. The van der Waals surface area contributed by atoms with Crippen LogP contribution in [0.2, 0.25) is 0 Å². The van der Waals surface area contributed by atoms with Gasteiger partial charge in [-0.2, -0.15) is 0 Å². The third-order valence-corrected chi connectivity index (χ3v) is 7.66. The molecule has 152 valence electrons. The number of hydrogen-bond donors (Lipinski definition) is 0. The van der Waals surface area contributed by atoms with Crippen molar-refractivity contribution in [3.8, 4) is 11.5 Å². The van der Waals surface area contributed by atoms with E-state index in [9.17, 15) is 9.59 Å². The minimum Gasteiger partial charge on any atom is -0.454 e. The molecule has 2 bridgehead atoms. The van der Waals surface area contributed by atoms with Crippen molar-refractivity contribution in [3.05, 3.63) is 89.0 Å². The van der Waals surface area contributed by atoms with Crippen molar-refractivity contribution in [2.45, 2.75) is 18.3 Å². The number of hydrogen-bond acceptors (Lipinski definition) is 4. The van der Waals surface area contributed by atoms with E-state index in [4.69, 9.17) is 9.47 Å². The van der Waals surface area contributed by atoms with E-state index in [-0.39, 0.29) is 24.5 Å². The molecule has 1 fully saturated rings. The second-order valence-corrected chi connectivity index (χ2v) is 8.91. The second-order valence-electron chi connectivity index (χ2n) is 8.91. The first kappa shape index (κ1) is 17.1. The summed E-state index contributed by atoms with van der Waals surface area (Å²) in [5.74, 6) is -0.0251. The van der Waals surface area contributed by atoms with Gasteiger partial charge in [0.1, 0.15) is 0 Å². The summed E-state index contributed by atoms with van der Waals surface area (Å²) < 4.78 is 10.9. The number of ether oxygens (including phenoxy) is 2. The van der Waals surface area contributed by atoms with Crippen LogP contribution in [0, 0.1) is 11.8 Å². The first-order chi connectivity index (χ1) is 15.1. The van der Waals surface area contributed by atoms with Crippen molar-refractivity contribution < 1.29 is 19.1 Å². The molecule has 31 heavy (non-hydrogen) atoms. The van der Waals surface area contributed by atoms with Crippen molar-refractivity contribution >= 4 is 17.5 Å². The number of benzene rings is 3. The molecule has 3 aromatic carbocycles. The molecule has 0 radical (unpaired) electrons. The minimum absolute atomic E-state index is 0.116. The number of rotatable bonds is 1. The number of fused-ring (bicyclic) bond motifs is 1. The van der Waals surface area contributed by atoms with Gasteiger partial charge in [0.25, 0.3) is 0 Å². The molecular formula is C26H19NO4. The van der Waals surface area contributed by atoms with Crippen LogP contribution in [-0.4, -0.2) is 18.6 Å². The third-order valence-electron chi connectivity index (χ3n) is 7.66. The molecule has 5 nitrogen and oxygen atoms in total. The summed E-state index contributed by atoms with van der Waals surface area (Å²) in [6.07, 6.45) is 0. The zero-order valence-electron chi connectivity index (χ0n) is 16.9. The van der Waals surface area contributed by atoms with Crippen molar-refractivity contribution in [1.29, 1.82) is 0 Å². The number of anilines is 1. The summed E-state index contributed by atoms with van der Waals surface area (Å²) in [5.41, 5.74) is 4.65. The van der Waals surface area contributed by atoms with Crippen LogP contribution in [0.4, 0.5) is 5.69 Å². The summed E-state index contributed by atoms with van der Waals surface area (Å²) in [5, 5.41) is 0. The highest BCUT2D eigenvalue weighted by molar-refractivity contribution is 6.23. The average molecular weight is 409 g/mol. The summed E-state index contributed by atoms with van der Waals surface area (Å²) in [6, 6.07) is 21.8. The Bertz CT molecular complexity index is 1260. The highest BCUT2D eigenvalue weighted by Gasteiger charge is 2.66. The summed E-state index contributed by atoms with van der Waals surface area (Å²) in [6.45, 7) is 2.28. The predicted molar refractivity (Wildman–Crippen MR) is 113 cm³/mol. The van der Waals surface area contributed by atoms with E-state index in [1.54, 1.807) is 18.2 Å². The van der Waals surface area contributed by atoms with Gasteiger partial charge in [-0.25, -0.2) is 4.90 Å². The van der Waals surface area contributed by atoms with E-state index in [0.29, 0.717) is 17.2 Å². The van der Waals surface area contributed by atoms with Crippen LogP contribution < -0.4 is 14.4 Å². The smallest absolute Gasteiger partial charge is 0.238 e. The lowest BCUT2D eigenvalue weighted by Crippen LogP contribution is -2.51. The van der Waals surface area contributed by atoms with Gasteiger partial charge in [-0.1, -0.05) is 55.5 Å². The minimum atomic E-state index is -0.551. The maximum absolute atomic E-state index is 13.9. The molecule has 0 N–H and O–H groups in total. The van der Waals surface area contributed by atoms with Crippen molar-refractivity contribution in [3.63, 3.8) is 0 Å². The first-order valence-electron chi connectivity index (χ1n) is 10.6. The van der Waals surface area contributed by atoms with Crippen LogP contribution in [0.5, 0.6) is 11.5 Å². The fourth-order valence-corrected chi connectivity index (χ4v) is 6.43. The van der Waals surface area contributed by atoms with Gasteiger partial charge in [-0.3, -0.25) is 9.59 Å². The van der Waals surface area contributed by atoms with Crippen molar-refractivity contribution in [2.75, 3.05) is 11.7 Å². The number of nitrogens with zero attached hydrogens (tertiary/aromatic N) is 1. The molecule has 5 aliphatic rings. The Labute approximate surface area is 179 Å². The number of amides is 2. The molecule has 2 heterocycles. The molecule has 2 aliphatic heterocycles. The lowest BCUT2D eigenvalue weighted by molar-refractivity contribution is -0.123. The maximum Gasteiger partial charge on any atom is 0.238 e. The predicted octanol–water partition coefficient (Wildman–Crippen LogP) is 3.99. The van der Waals surface area contributed by atoms with Crippen LogP contribution in [0.1, 0.15) is 35.1 Å². The van der Waals surface area contributed by atoms with Crippen LogP contribution in [0.3, 0.4) is 0 Å². The Morgan fingerprint density at radius 2 is 1.48 bits per heavy atom. The largest absolute Gasteiger partial charge is 0.454 e. The maximum atomic E-state index is 13.9. The number of carbonyl (C=O) groups is 2. The highest BCUT2D eigenvalue weighted by atomic mass is 16.7. The second kappa shape index (κ2) is 5.55. The van der Waals surface area contributed by atoms with Gasteiger partial charge in [0.05, 0.1) is 17.5 Å². The van der Waals surface area contributed by atoms with Gasteiger partial charge in [-0.05, 0) is 34.4 Å². The van der Waals surface area contributed by atoms with Gasteiger partial charge < -0.3 is 9.47 Å². The van der Waals surface area contributed by atoms with E-state index in [0.717, 1.165) is 11.1 Å². The molecule has 0 spiro atoms. The first-order valence-corrected chi connectivity index (χ1v) is 10.6. The molecule has 5 heteroatoms. The quantitative estimate of drug-likeness (QED) is 0.571. The third kappa shape index (κ3) is 1.88. The summed E-state index contributed by atoms with van der Waals surface area (Å²) in [7, 11) is 0. The molecule has 2 atom stereocenters. The van der Waals surface area contributed by atoms with Crippen LogP contribution in [0.25, 0.3) is 0 Å². The van der Waals surface area contributed by atoms with Gasteiger partial charge in [0.2, 0.25) is 18.6 Å². The zero-order chi connectivity index (χ0) is 20.9. The van der Waals surface area contributed by atoms with Crippen LogP contribution >= 0.6 is 0 Å². The molecule has 3 aliphatic carbocycles. The molecule has 0 saturated carbocycles. The van der Waals surface area contributed by atoms with Gasteiger partial charge in [-0.15, -0.1) is 0 Å². The van der Waals surface area contributed by atoms with E-state index in [1.807, 2.05) is 24.3 Å². The monoisotopic (exact) mass is 409 g/mol. The van der Waals surface area contributed by atoms with E-state index in [1.165, 1.54) is 16.0 Å². The standard InChI is InChI=1S/C26H19NO4/c1-26-17-8-4-2-6-15(17)21(16-7-3-5-9-18(16)26)22-23(26)25(29)27(24(22)28)14-10-11-19-20(12-14)31-13-30-19/h2-12,21-23H,13H2,1H3. The molecule has 0 aromatic heterocycles. The molecule has 3 aromatic rings. The topological polar surface area (TPSA) is 55.8 Å². The number of imide groups is 1. The van der Waals surface area contributed by atoms with Gasteiger partial charge in [0, 0.05) is 17.4 Å². The molecule has 8 rings (SSSR count). The van der Waals surface area contributed by atoms with Crippen molar-refractivity contribution in [1.82, 2.24) is 0 Å². The van der Waals surface area contributed by atoms with Gasteiger partial charge >= 0.3 is 0 Å². The molecular weight excluding hydrogens is 390 g/mol. The fraction of sp³-hybridized carbons (Fsp3) is 0.231. The van der Waals surface area contributed by atoms with E-state index >= 15 is 0 Å². The Balaban J connectivity index is 1.45. The Morgan fingerprint density at radius 1 is 0.839 bits per heavy atom. The van der Waals surface area contributed by atoms with Gasteiger partial charge in [0.15, 0.2) is 11.5 Å². The highest BCUT2D eigenvalue weighted by Crippen LogP contribution is 2.64. The summed E-state index contributed by atoms with van der Waals surface area (Å²) >= 11 is 0. The van der Waals surface area contributed by atoms with Crippen LogP contribution in [0.15, 0.2) is 66.7 Å². The average Bonchev–Trinajstić information content (AvgIpc) is 3.37. The summed E-state index contributed by atoms with van der Waals surface area (Å²) in [4.78, 5) is 29.1. The van der Waals surface area contributed by atoms with E-state index in [2.05, 4.69) is 31.2 Å². The molecule has 2 unspecified atom stereocenters. The Hall–Kier alpha value is -3.60. The Kier molecular flexibility index (Phi) is 3.06. The Morgan fingerprint density at radius 3 is 2.19 bits per heavy atom. The SMILES string of the molecule is CC12c3ccccc3C(c3ccccc31)C1C(=O)N(c3ccc4c(c3)OCO4)C(=O)C12. The lowest BCUT2D eigenvalue weighted by Gasteiger charge is -2.52. The molecule has 1 saturated heterocycles. The number of carbonyl (C=O) groups excluding carboxylic acids is 2. The fourth-order valence-electron chi connectivity index (χ4n) is 6.43. The van der Waals surface area contributed by atoms with Crippen molar-refractivity contribution in [2.24, 2.45) is 11.8 Å². The molecule has 2 amide bonds. The van der Waals surface area contributed by atoms with Crippen LogP contribution in [-0.2, 0) is 15.0 Å². The van der Waals surface area contributed by atoms with E-state index < -0.39 is 17.3 Å². The zero-order valence-corrected chi connectivity index (χ0v) is 16.9. The lowest BCUT2D eigenvalue weighted by atomic mass is 9.48.